The van der Waals surface area contributed by atoms with Crippen molar-refractivity contribution in [3.63, 3.8) is 0 Å². The van der Waals surface area contributed by atoms with Crippen LogP contribution in [0, 0.1) is 5.92 Å². The zero-order chi connectivity index (χ0) is 16.7. The average molecular weight is 342 g/mol. The number of imide groups is 1. The number of thioether (sulfide) groups is 1. The van der Waals surface area contributed by atoms with E-state index in [4.69, 9.17) is 4.74 Å². The lowest BCUT2D eigenvalue weighted by Gasteiger charge is -2.10. The third-order valence-electron chi connectivity index (χ3n) is 3.16. The number of carbonyl (C=O) groups is 2. The van der Waals surface area contributed by atoms with Crippen LogP contribution in [0.1, 0.15) is 26.7 Å². The summed E-state index contributed by atoms with van der Waals surface area (Å²) in [6.45, 7) is 5.82. The largest absolute Gasteiger partial charge is 0.376 e. The number of ether oxygens (including phenoxy) is 1. The molecule has 9 nitrogen and oxygen atoms in total. The Balaban J connectivity index is 1.73. The van der Waals surface area contributed by atoms with Crippen LogP contribution in [0.5, 0.6) is 0 Å². The summed E-state index contributed by atoms with van der Waals surface area (Å²) < 4.78 is 7.18. The van der Waals surface area contributed by atoms with Crippen molar-refractivity contribution in [2.75, 3.05) is 18.9 Å². The van der Waals surface area contributed by atoms with Crippen LogP contribution in [0.4, 0.5) is 4.79 Å². The minimum Gasteiger partial charge on any atom is -0.376 e. The molecule has 1 unspecified atom stereocenters. The molecule has 0 aromatic carbocycles. The van der Waals surface area contributed by atoms with E-state index in [2.05, 4.69) is 26.2 Å². The first-order valence-corrected chi connectivity index (χ1v) is 8.61. The van der Waals surface area contributed by atoms with Gasteiger partial charge in [0.1, 0.15) is 0 Å². The van der Waals surface area contributed by atoms with E-state index in [0.717, 1.165) is 19.4 Å². The average Bonchev–Trinajstić information content (AvgIpc) is 3.15. The van der Waals surface area contributed by atoms with Crippen molar-refractivity contribution < 1.29 is 14.3 Å². The Morgan fingerprint density at radius 2 is 2.30 bits per heavy atom. The van der Waals surface area contributed by atoms with Gasteiger partial charge in [-0.05, 0) is 29.2 Å². The van der Waals surface area contributed by atoms with Gasteiger partial charge >= 0.3 is 6.03 Å². The maximum Gasteiger partial charge on any atom is 0.321 e. The third-order valence-corrected chi connectivity index (χ3v) is 4.11. The molecule has 2 N–H and O–H groups in total. The quantitative estimate of drug-likeness (QED) is 0.691. The van der Waals surface area contributed by atoms with Crippen LogP contribution in [0.15, 0.2) is 5.16 Å². The molecule has 0 bridgehead atoms. The van der Waals surface area contributed by atoms with Crippen LogP contribution in [-0.2, 0) is 16.1 Å². The molecule has 2 rings (SSSR count). The number of hydrogen-bond acceptors (Lipinski definition) is 7. The van der Waals surface area contributed by atoms with E-state index in [1.165, 1.54) is 11.8 Å². The summed E-state index contributed by atoms with van der Waals surface area (Å²) in [7, 11) is 0. The zero-order valence-corrected chi connectivity index (χ0v) is 14.1. The standard InChI is InChI=1S/C13H22N6O3S/c1-9(2)6-14-12(21)15-11(20)8-23-13-16-17-18-19(13)7-10-4-3-5-22-10/h9-10H,3-8H2,1-2H3,(H2,14,15,20,21). The highest BCUT2D eigenvalue weighted by molar-refractivity contribution is 7.99. The van der Waals surface area contributed by atoms with E-state index in [-0.39, 0.29) is 17.8 Å². The molecule has 1 aromatic rings. The van der Waals surface area contributed by atoms with Gasteiger partial charge in [0.25, 0.3) is 0 Å². The van der Waals surface area contributed by atoms with Crippen LogP contribution >= 0.6 is 11.8 Å². The molecule has 10 heteroatoms. The van der Waals surface area contributed by atoms with Crippen molar-refractivity contribution >= 4 is 23.7 Å². The maximum atomic E-state index is 11.8. The monoisotopic (exact) mass is 342 g/mol. The van der Waals surface area contributed by atoms with Crippen molar-refractivity contribution in [3.8, 4) is 0 Å². The van der Waals surface area contributed by atoms with Gasteiger partial charge in [-0.1, -0.05) is 25.6 Å². The molecule has 3 amide bonds. The van der Waals surface area contributed by atoms with Gasteiger partial charge in [0.05, 0.1) is 18.4 Å². The molecule has 0 aliphatic carbocycles. The number of carbonyl (C=O) groups excluding carboxylic acids is 2. The van der Waals surface area contributed by atoms with E-state index in [9.17, 15) is 9.59 Å². The van der Waals surface area contributed by atoms with Gasteiger partial charge in [-0.3, -0.25) is 10.1 Å². The van der Waals surface area contributed by atoms with Crippen LogP contribution in [0.2, 0.25) is 0 Å². The lowest BCUT2D eigenvalue weighted by Crippen LogP contribution is -2.41. The summed E-state index contributed by atoms with van der Waals surface area (Å²) in [5.41, 5.74) is 0. The minimum absolute atomic E-state index is 0.0704. The second kappa shape index (κ2) is 8.82. The Morgan fingerprint density at radius 3 is 3.00 bits per heavy atom. The summed E-state index contributed by atoms with van der Waals surface area (Å²) in [6, 6.07) is -0.483. The number of rotatable bonds is 7. The smallest absolute Gasteiger partial charge is 0.321 e. The van der Waals surface area contributed by atoms with E-state index < -0.39 is 6.03 Å². The van der Waals surface area contributed by atoms with Gasteiger partial charge in [0.2, 0.25) is 11.1 Å². The van der Waals surface area contributed by atoms with Gasteiger partial charge < -0.3 is 10.1 Å². The fourth-order valence-electron chi connectivity index (χ4n) is 2.03. The molecule has 128 valence electrons. The van der Waals surface area contributed by atoms with E-state index in [1.54, 1.807) is 4.68 Å². The predicted molar refractivity (Wildman–Crippen MR) is 83.9 cm³/mol. The molecule has 1 fully saturated rings. The number of aromatic nitrogens is 4. The second-order valence-electron chi connectivity index (χ2n) is 5.72. The summed E-state index contributed by atoms with van der Waals surface area (Å²) >= 11 is 1.19. The van der Waals surface area contributed by atoms with Crippen molar-refractivity contribution in [1.29, 1.82) is 0 Å². The van der Waals surface area contributed by atoms with Gasteiger partial charge in [-0.25, -0.2) is 9.48 Å². The molecule has 0 spiro atoms. The third kappa shape index (κ3) is 6.14. The molecule has 1 saturated heterocycles. The SMILES string of the molecule is CC(C)CNC(=O)NC(=O)CSc1nnnn1CC1CCCO1. The highest BCUT2D eigenvalue weighted by Crippen LogP contribution is 2.18. The van der Waals surface area contributed by atoms with Crippen molar-refractivity contribution in [2.45, 2.75) is 44.5 Å². The predicted octanol–water partition coefficient (Wildman–Crippen LogP) is 0.426. The molecular weight excluding hydrogens is 320 g/mol. The van der Waals surface area contributed by atoms with Crippen LogP contribution in [0.3, 0.4) is 0 Å². The topological polar surface area (TPSA) is 111 Å². The maximum absolute atomic E-state index is 11.8. The Kier molecular flexibility index (Phi) is 6.78. The van der Waals surface area contributed by atoms with Gasteiger partial charge in [0.15, 0.2) is 0 Å². The first-order valence-electron chi connectivity index (χ1n) is 7.63. The molecule has 0 radical (unpaired) electrons. The number of tetrazole rings is 1. The number of amides is 3. The van der Waals surface area contributed by atoms with Gasteiger partial charge in [-0.2, -0.15) is 0 Å². The molecule has 23 heavy (non-hydrogen) atoms. The summed E-state index contributed by atoms with van der Waals surface area (Å²) in [6.07, 6.45) is 2.15. The van der Waals surface area contributed by atoms with Gasteiger partial charge in [-0.15, -0.1) is 5.10 Å². The van der Waals surface area contributed by atoms with Crippen LogP contribution in [0.25, 0.3) is 0 Å². The molecular formula is C13H22N6O3S. The van der Waals surface area contributed by atoms with Crippen molar-refractivity contribution in [1.82, 2.24) is 30.8 Å². The highest BCUT2D eigenvalue weighted by atomic mass is 32.2. The first-order chi connectivity index (χ1) is 11.0. The van der Waals surface area contributed by atoms with Crippen LogP contribution < -0.4 is 10.6 Å². The van der Waals surface area contributed by atoms with Crippen molar-refractivity contribution in [2.24, 2.45) is 5.92 Å². The fraction of sp³-hybridized carbons (Fsp3) is 0.769. The van der Waals surface area contributed by atoms with Gasteiger partial charge in [0, 0.05) is 13.2 Å². The molecule has 1 aliphatic heterocycles. The van der Waals surface area contributed by atoms with Crippen LogP contribution in [-0.4, -0.2) is 57.2 Å². The Labute approximate surface area is 138 Å². The van der Waals surface area contributed by atoms with E-state index >= 15 is 0 Å². The normalized spacial score (nSPS) is 17.4. The summed E-state index contributed by atoms with van der Waals surface area (Å²) in [5.74, 6) is 0.0108. The van der Waals surface area contributed by atoms with E-state index in [1.807, 2.05) is 13.8 Å². The minimum atomic E-state index is -0.483. The molecule has 1 aliphatic rings. The molecule has 0 saturated carbocycles. The Bertz CT molecular complexity index is 530. The lowest BCUT2D eigenvalue weighted by molar-refractivity contribution is -0.117. The molecule has 1 aromatic heterocycles. The highest BCUT2D eigenvalue weighted by Gasteiger charge is 2.19. The fourth-order valence-corrected chi connectivity index (χ4v) is 2.72. The summed E-state index contributed by atoms with van der Waals surface area (Å²) in [5, 5.41) is 16.9. The molecule has 2 heterocycles. The second-order valence-corrected chi connectivity index (χ2v) is 6.66. The number of nitrogens with zero attached hydrogens (tertiary/aromatic N) is 4. The van der Waals surface area contributed by atoms with Crippen molar-refractivity contribution in [3.05, 3.63) is 0 Å². The zero-order valence-electron chi connectivity index (χ0n) is 13.3. The Morgan fingerprint density at radius 1 is 1.48 bits per heavy atom. The number of nitrogens with one attached hydrogen (secondary N) is 2. The summed E-state index contributed by atoms with van der Waals surface area (Å²) in [4.78, 5) is 23.3. The first kappa shape index (κ1) is 17.7. The Hall–Kier alpha value is -1.68. The lowest BCUT2D eigenvalue weighted by atomic mass is 10.2. The number of urea groups is 1. The number of hydrogen-bond donors (Lipinski definition) is 2. The van der Waals surface area contributed by atoms with E-state index in [0.29, 0.717) is 24.2 Å². The molecule has 1 atom stereocenters.